The number of anilines is 9. The lowest BCUT2D eigenvalue weighted by Gasteiger charge is -2.43. The number of hydrogen-bond donors (Lipinski definition) is 2. The highest BCUT2D eigenvalue weighted by Gasteiger charge is 2.46. The van der Waals surface area contributed by atoms with Crippen LogP contribution in [0.15, 0.2) is 144 Å². The standard InChI is InChI=1S/C54H43B3N4OS2/c1-30-20-44-53-48(22-30)60(34-14-8-7-9-15-34)46-18-12-10-16-36(46)55(53)40-28-41-47(29-43(40)59-44)61(64-6)49-23-31(2)21-45-54(49)57(41)39-27-38(32(3)25-42(39)58-45)56-37-17-11-13-19-50(37)62-51-26-35(63-5)24-33(4)52(51)56/h7-29,58-59H,1-6H3. The third-order valence-electron chi connectivity index (χ3n) is 14.3. The van der Waals surface area contributed by atoms with Gasteiger partial charge in [-0.2, -0.15) is 0 Å². The van der Waals surface area contributed by atoms with Gasteiger partial charge in [0.15, 0.2) is 0 Å². The number of thioether (sulfide) groups is 1. The molecular formula is C54H43B3N4OS2. The molecule has 0 unspecified atom stereocenters. The van der Waals surface area contributed by atoms with Gasteiger partial charge in [0.05, 0.1) is 5.69 Å². The van der Waals surface area contributed by atoms with Gasteiger partial charge in [-0.25, -0.2) is 0 Å². The summed E-state index contributed by atoms with van der Waals surface area (Å²) >= 11 is 3.55. The van der Waals surface area contributed by atoms with Gasteiger partial charge in [0, 0.05) is 56.7 Å². The van der Waals surface area contributed by atoms with Crippen molar-refractivity contribution in [1.82, 2.24) is 0 Å². The van der Waals surface area contributed by atoms with E-state index in [1.807, 2.05) is 0 Å². The molecule has 5 aliphatic rings. The number of nitrogens with one attached hydrogen (secondary N) is 2. The molecule has 8 aromatic carbocycles. The van der Waals surface area contributed by atoms with Crippen LogP contribution in [-0.2, 0) is 0 Å². The van der Waals surface area contributed by atoms with Gasteiger partial charge < -0.3 is 20.3 Å². The molecule has 0 saturated heterocycles. The smallest absolute Gasteiger partial charge is 0.252 e. The SMILES string of the molecule is CSc1cc(C)c2c(c1)Oc1ccccc1B2c1cc2c(cc1C)Nc1cc(C)cc3c1B2c1cc2c(cc1N3SC)Nc1cc(C)cc3c1B2c1ccccc1N3c1ccccc1. The average Bonchev–Trinajstić information content (AvgIpc) is 3.30. The lowest BCUT2D eigenvalue weighted by Crippen LogP contribution is -2.65. The summed E-state index contributed by atoms with van der Waals surface area (Å²) in [4.78, 5) is 3.68. The van der Waals surface area contributed by atoms with Crippen LogP contribution in [0.3, 0.4) is 0 Å². The number of hydrogen-bond acceptors (Lipinski definition) is 7. The molecule has 0 radical (unpaired) electrons. The minimum absolute atomic E-state index is 0.00189. The molecular weight excluding hydrogens is 817 g/mol. The third-order valence-corrected chi connectivity index (χ3v) is 15.7. The lowest BCUT2D eigenvalue weighted by molar-refractivity contribution is 0.486. The molecule has 0 fully saturated rings. The summed E-state index contributed by atoms with van der Waals surface area (Å²) < 4.78 is 9.21. The Morgan fingerprint density at radius 2 is 1.08 bits per heavy atom. The summed E-state index contributed by atoms with van der Waals surface area (Å²) in [5.41, 5.74) is 27.5. The van der Waals surface area contributed by atoms with Crippen molar-refractivity contribution in [1.29, 1.82) is 0 Å². The van der Waals surface area contributed by atoms with Crippen molar-refractivity contribution < 1.29 is 4.74 Å². The van der Waals surface area contributed by atoms with Gasteiger partial charge in [-0.15, -0.1) is 11.8 Å². The highest BCUT2D eigenvalue weighted by molar-refractivity contribution is 8.00. The molecule has 5 heterocycles. The van der Waals surface area contributed by atoms with E-state index in [1.54, 1.807) is 23.7 Å². The molecule has 10 heteroatoms. The number of fused-ring (bicyclic) bond motifs is 10. The molecule has 0 spiro atoms. The maximum Gasteiger partial charge on any atom is 0.252 e. The van der Waals surface area contributed by atoms with Crippen LogP contribution in [0, 0.1) is 27.7 Å². The van der Waals surface area contributed by atoms with Gasteiger partial charge in [0.2, 0.25) is 0 Å². The quantitative estimate of drug-likeness (QED) is 0.106. The number of aryl methyl sites for hydroxylation is 4. The zero-order valence-corrected chi connectivity index (χ0v) is 38.3. The Morgan fingerprint density at radius 1 is 0.453 bits per heavy atom. The second kappa shape index (κ2) is 14.1. The summed E-state index contributed by atoms with van der Waals surface area (Å²) in [7, 11) is 0. The average molecular weight is 861 g/mol. The maximum atomic E-state index is 6.73. The lowest BCUT2D eigenvalue weighted by atomic mass is 9.29. The molecule has 5 aliphatic heterocycles. The number of nitrogens with zero attached hydrogens (tertiary/aromatic N) is 2. The van der Waals surface area contributed by atoms with Gasteiger partial charge in [0.1, 0.15) is 11.5 Å². The van der Waals surface area contributed by atoms with E-state index in [0.717, 1.165) is 11.5 Å². The van der Waals surface area contributed by atoms with Crippen molar-refractivity contribution in [2.45, 2.75) is 32.6 Å². The van der Waals surface area contributed by atoms with E-state index < -0.39 is 0 Å². The Labute approximate surface area is 385 Å². The van der Waals surface area contributed by atoms with Crippen molar-refractivity contribution in [2.24, 2.45) is 0 Å². The Kier molecular flexibility index (Phi) is 8.39. The molecule has 8 aromatic rings. The normalized spacial score (nSPS) is 14.1. The molecule has 5 nitrogen and oxygen atoms in total. The summed E-state index contributed by atoms with van der Waals surface area (Å²) in [5.74, 6) is 1.89. The van der Waals surface area contributed by atoms with Crippen molar-refractivity contribution >= 4 is 144 Å². The van der Waals surface area contributed by atoms with Crippen LogP contribution in [0.5, 0.6) is 11.5 Å². The first-order chi connectivity index (χ1) is 31.3. The molecule has 0 aromatic heterocycles. The highest BCUT2D eigenvalue weighted by atomic mass is 32.2. The zero-order valence-electron chi connectivity index (χ0n) is 36.6. The monoisotopic (exact) mass is 860 g/mol. The number of ether oxygens (including phenoxy) is 1. The van der Waals surface area contributed by atoms with Crippen molar-refractivity contribution in [3.8, 4) is 11.5 Å². The zero-order chi connectivity index (χ0) is 43.1. The Bertz CT molecular complexity index is 3340. The van der Waals surface area contributed by atoms with Crippen molar-refractivity contribution in [2.75, 3.05) is 32.4 Å². The van der Waals surface area contributed by atoms with Crippen LogP contribution in [0.2, 0.25) is 0 Å². The van der Waals surface area contributed by atoms with E-state index >= 15 is 0 Å². The van der Waals surface area contributed by atoms with E-state index in [0.29, 0.717) is 0 Å². The summed E-state index contributed by atoms with van der Waals surface area (Å²) in [6, 6.07) is 52.5. The van der Waals surface area contributed by atoms with E-state index in [2.05, 4.69) is 200 Å². The molecule has 0 amide bonds. The predicted molar refractivity (Wildman–Crippen MR) is 280 cm³/mol. The Balaban J connectivity index is 1.05. The number of rotatable bonds is 4. The van der Waals surface area contributed by atoms with Gasteiger partial charge in [-0.05, 0) is 174 Å². The van der Waals surface area contributed by atoms with Gasteiger partial charge in [-0.1, -0.05) is 83.3 Å². The third kappa shape index (κ3) is 5.39. The first-order valence-electron chi connectivity index (χ1n) is 22.2. The first kappa shape index (κ1) is 38.1. The van der Waals surface area contributed by atoms with Crippen LogP contribution in [0.1, 0.15) is 22.3 Å². The molecule has 306 valence electrons. The Hall–Kier alpha value is -6.35. The molecule has 64 heavy (non-hydrogen) atoms. The molecule has 13 rings (SSSR count). The number of benzene rings is 8. The first-order valence-corrected chi connectivity index (χ1v) is 24.6. The van der Waals surface area contributed by atoms with Crippen LogP contribution >= 0.6 is 23.7 Å². The van der Waals surface area contributed by atoms with Crippen LogP contribution in [0.25, 0.3) is 0 Å². The van der Waals surface area contributed by atoms with Gasteiger partial charge in [0.25, 0.3) is 20.1 Å². The van der Waals surface area contributed by atoms with Gasteiger partial charge >= 0.3 is 0 Å². The fourth-order valence-electron chi connectivity index (χ4n) is 11.7. The summed E-state index contributed by atoms with van der Waals surface area (Å²) in [5, 5.41) is 8.04. The molecule has 0 bridgehead atoms. The van der Waals surface area contributed by atoms with Gasteiger partial charge in [-0.3, -0.25) is 4.31 Å². The van der Waals surface area contributed by atoms with E-state index in [9.17, 15) is 0 Å². The Morgan fingerprint density at radius 3 is 1.83 bits per heavy atom. The van der Waals surface area contributed by atoms with Crippen molar-refractivity contribution in [3.63, 3.8) is 0 Å². The van der Waals surface area contributed by atoms with E-state index in [1.165, 1.54) is 128 Å². The topological polar surface area (TPSA) is 39.8 Å². The molecule has 0 saturated carbocycles. The fourth-order valence-corrected chi connectivity index (χ4v) is 12.9. The molecule has 0 aliphatic carbocycles. The van der Waals surface area contributed by atoms with Crippen LogP contribution in [-0.4, -0.2) is 32.6 Å². The van der Waals surface area contributed by atoms with E-state index in [-0.39, 0.29) is 20.1 Å². The maximum absolute atomic E-state index is 6.73. The van der Waals surface area contributed by atoms with Crippen LogP contribution < -0.4 is 73.7 Å². The fraction of sp³-hybridized carbons (Fsp3) is 0.111. The predicted octanol–water partition coefficient (Wildman–Crippen LogP) is 7.92. The molecule has 2 N–H and O–H groups in total. The minimum atomic E-state index is -0.00189. The largest absolute Gasteiger partial charge is 0.458 e. The van der Waals surface area contributed by atoms with Crippen LogP contribution in [0.4, 0.5) is 51.2 Å². The van der Waals surface area contributed by atoms with Crippen molar-refractivity contribution in [3.05, 3.63) is 162 Å². The summed E-state index contributed by atoms with van der Waals surface area (Å²) in [6.07, 6.45) is 4.35. The summed E-state index contributed by atoms with van der Waals surface area (Å²) in [6.45, 7) is 9.05. The minimum Gasteiger partial charge on any atom is -0.458 e. The highest BCUT2D eigenvalue weighted by Crippen LogP contribution is 2.43. The van der Waals surface area contributed by atoms with E-state index in [4.69, 9.17) is 4.74 Å². The second-order valence-electron chi connectivity index (χ2n) is 18.0. The second-order valence-corrected chi connectivity index (χ2v) is 19.6. The molecule has 0 atom stereocenters. The number of para-hydroxylation sites is 3.